The molecular weight excluding hydrogens is 168 g/mol. The van der Waals surface area contributed by atoms with Gasteiger partial charge in [-0.3, -0.25) is 0 Å². The lowest BCUT2D eigenvalue weighted by molar-refractivity contribution is -0.134. The molecule has 0 heterocycles. The lowest BCUT2D eigenvalue weighted by Crippen LogP contribution is -2.16. The maximum atomic E-state index is 10.6. The molecule has 0 aliphatic heterocycles. The molecule has 0 saturated heterocycles. The number of hydrogen-bond donors (Lipinski definition) is 0. The quantitative estimate of drug-likeness (QED) is 0.266. The summed E-state index contributed by atoms with van der Waals surface area (Å²) in [5, 5.41) is 0. The van der Waals surface area contributed by atoms with E-state index in [1.807, 2.05) is 0 Å². The fourth-order valence-corrected chi connectivity index (χ4v) is 0.952. The molecule has 0 unspecified atom stereocenters. The van der Waals surface area contributed by atoms with Crippen LogP contribution in [-0.2, 0) is 9.53 Å². The summed E-state index contributed by atoms with van der Waals surface area (Å²) in [5.74, 6) is 2.46. The SMILES string of the molecule is COC(=O)C=CC#C[Si](C)(C)C. The highest BCUT2D eigenvalue weighted by molar-refractivity contribution is 6.83. The number of allylic oxidation sites excluding steroid dienone is 1. The van der Waals surface area contributed by atoms with E-state index in [1.165, 1.54) is 19.3 Å². The van der Waals surface area contributed by atoms with Crippen molar-refractivity contribution < 1.29 is 9.53 Å². The lowest BCUT2D eigenvalue weighted by Gasteiger charge is -2.01. The standard InChI is InChI=1S/C9H14O2Si/c1-11-9(10)7-5-6-8-12(2,3)4/h5,7H,1-4H3. The predicted molar refractivity (Wildman–Crippen MR) is 52.3 cm³/mol. The van der Waals surface area contributed by atoms with Gasteiger partial charge in [-0.05, 0) is 6.08 Å². The van der Waals surface area contributed by atoms with Crippen LogP contribution < -0.4 is 0 Å². The Bertz CT molecular complexity index is 237. The maximum absolute atomic E-state index is 10.6. The van der Waals surface area contributed by atoms with Crippen LogP contribution >= 0.6 is 0 Å². The minimum absolute atomic E-state index is 0.361. The van der Waals surface area contributed by atoms with Crippen LogP contribution in [0.4, 0.5) is 0 Å². The van der Waals surface area contributed by atoms with Crippen molar-refractivity contribution in [1.82, 2.24) is 0 Å². The molecule has 0 saturated carbocycles. The van der Waals surface area contributed by atoms with Crippen molar-refractivity contribution in [3.8, 4) is 11.5 Å². The second kappa shape index (κ2) is 4.78. The number of methoxy groups -OCH3 is 1. The van der Waals surface area contributed by atoms with E-state index < -0.39 is 8.07 Å². The van der Waals surface area contributed by atoms with Gasteiger partial charge in [-0.25, -0.2) is 4.79 Å². The van der Waals surface area contributed by atoms with Crippen molar-refractivity contribution in [2.45, 2.75) is 19.6 Å². The molecule has 0 aliphatic carbocycles. The number of esters is 1. The summed E-state index contributed by atoms with van der Waals surface area (Å²) in [4.78, 5) is 10.6. The average Bonchev–Trinajstić information content (AvgIpc) is 1.96. The van der Waals surface area contributed by atoms with Crippen LogP contribution in [0.1, 0.15) is 0 Å². The largest absolute Gasteiger partial charge is 0.466 e. The first-order valence-corrected chi connectivity index (χ1v) is 7.23. The van der Waals surface area contributed by atoms with Gasteiger partial charge in [0, 0.05) is 6.08 Å². The van der Waals surface area contributed by atoms with Gasteiger partial charge in [0.1, 0.15) is 8.07 Å². The maximum Gasteiger partial charge on any atom is 0.331 e. The van der Waals surface area contributed by atoms with E-state index in [0.29, 0.717) is 0 Å². The van der Waals surface area contributed by atoms with Crippen molar-refractivity contribution in [2.24, 2.45) is 0 Å². The summed E-state index contributed by atoms with van der Waals surface area (Å²) in [5.41, 5.74) is 3.10. The molecule has 0 fully saturated rings. The number of ether oxygens (including phenoxy) is 1. The van der Waals surface area contributed by atoms with Crippen LogP contribution in [0.15, 0.2) is 12.2 Å². The van der Waals surface area contributed by atoms with Crippen molar-refractivity contribution in [2.75, 3.05) is 7.11 Å². The van der Waals surface area contributed by atoms with Crippen LogP contribution in [0.2, 0.25) is 19.6 Å². The van der Waals surface area contributed by atoms with Gasteiger partial charge in [0.2, 0.25) is 0 Å². The highest BCUT2D eigenvalue weighted by Crippen LogP contribution is 1.95. The van der Waals surface area contributed by atoms with Crippen LogP contribution in [0.3, 0.4) is 0 Å². The number of hydrogen-bond acceptors (Lipinski definition) is 2. The predicted octanol–water partition coefficient (Wildman–Crippen LogP) is 1.60. The molecule has 66 valence electrons. The van der Waals surface area contributed by atoms with Gasteiger partial charge >= 0.3 is 5.97 Å². The zero-order valence-electron chi connectivity index (χ0n) is 7.97. The van der Waals surface area contributed by atoms with E-state index in [1.54, 1.807) is 0 Å². The first-order valence-electron chi connectivity index (χ1n) is 3.73. The molecule has 0 atom stereocenters. The summed E-state index contributed by atoms with van der Waals surface area (Å²) in [6.45, 7) is 6.43. The number of rotatable bonds is 1. The molecule has 0 aromatic carbocycles. The van der Waals surface area contributed by atoms with Crippen LogP contribution in [0, 0.1) is 11.5 Å². The summed E-state index contributed by atoms with van der Waals surface area (Å²) in [7, 11) is 0.0419. The van der Waals surface area contributed by atoms with E-state index in [-0.39, 0.29) is 5.97 Å². The summed E-state index contributed by atoms with van der Waals surface area (Å²) in [6.07, 6.45) is 2.86. The molecule has 0 aliphatic rings. The van der Waals surface area contributed by atoms with Gasteiger partial charge in [-0.15, -0.1) is 5.54 Å². The van der Waals surface area contributed by atoms with Crippen LogP contribution in [0.5, 0.6) is 0 Å². The van der Waals surface area contributed by atoms with E-state index in [9.17, 15) is 4.79 Å². The highest BCUT2D eigenvalue weighted by atomic mass is 28.3. The second-order valence-electron chi connectivity index (χ2n) is 3.38. The minimum atomic E-state index is -1.30. The number of carbonyl (C=O) groups is 1. The molecule has 3 heteroatoms. The topological polar surface area (TPSA) is 26.3 Å². The normalized spacial score (nSPS) is 10.7. The molecule has 0 N–H and O–H groups in total. The molecular formula is C9H14O2Si. The van der Waals surface area contributed by atoms with E-state index in [2.05, 4.69) is 35.8 Å². The zero-order chi connectivity index (χ0) is 9.61. The third-order valence-electron chi connectivity index (χ3n) is 0.951. The molecule has 0 aromatic rings. The molecule has 0 amide bonds. The Morgan fingerprint density at radius 1 is 1.42 bits per heavy atom. The van der Waals surface area contributed by atoms with Gasteiger partial charge in [0.05, 0.1) is 7.11 Å². The molecule has 0 radical (unpaired) electrons. The van der Waals surface area contributed by atoms with E-state index in [4.69, 9.17) is 0 Å². The van der Waals surface area contributed by atoms with Crippen LogP contribution in [0.25, 0.3) is 0 Å². The van der Waals surface area contributed by atoms with Gasteiger partial charge in [-0.2, -0.15) is 0 Å². The Morgan fingerprint density at radius 2 is 2.00 bits per heavy atom. The lowest BCUT2D eigenvalue weighted by atomic mass is 10.5. The molecule has 2 nitrogen and oxygen atoms in total. The minimum Gasteiger partial charge on any atom is -0.466 e. The fraction of sp³-hybridized carbons (Fsp3) is 0.444. The van der Waals surface area contributed by atoms with Crippen molar-refractivity contribution in [1.29, 1.82) is 0 Å². The molecule has 0 spiro atoms. The summed E-state index contributed by atoms with van der Waals surface area (Å²) in [6, 6.07) is 0. The molecule has 12 heavy (non-hydrogen) atoms. The summed E-state index contributed by atoms with van der Waals surface area (Å²) >= 11 is 0. The molecule has 0 rings (SSSR count). The Labute approximate surface area is 74.6 Å². The highest BCUT2D eigenvalue weighted by Gasteiger charge is 2.06. The van der Waals surface area contributed by atoms with Gasteiger partial charge in [0.15, 0.2) is 0 Å². The van der Waals surface area contributed by atoms with Gasteiger partial charge < -0.3 is 4.74 Å². The third kappa shape index (κ3) is 7.10. The summed E-state index contributed by atoms with van der Waals surface area (Å²) < 4.78 is 4.40. The van der Waals surface area contributed by atoms with Crippen LogP contribution in [-0.4, -0.2) is 21.2 Å². The van der Waals surface area contributed by atoms with Gasteiger partial charge in [-0.1, -0.05) is 25.6 Å². The monoisotopic (exact) mass is 182 g/mol. The van der Waals surface area contributed by atoms with Crippen molar-refractivity contribution >= 4 is 14.0 Å². The first kappa shape index (κ1) is 11.0. The Hall–Kier alpha value is -1.01. The molecule has 0 aromatic heterocycles. The van der Waals surface area contributed by atoms with E-state index in [0.717, 1.165) is 0 Å². The smallest absolute Gasteiger partial charge is 0.331 e. The Morgan fingerprint density at radius 3 is 2.42 bits per heavy atom. The average molecular weight is 182 g/mol. The van der Waals surface area contributed by atoms with Crippen molar-refractivity contribution in [3.05, 3.63) is 12.2 Å². The fourth-order valence-electron chi connectivity index (χ4n) is 0.436. The molecule has 0 bridgehead atoms. The van der Waals surface area contributed by atoms with Gasteiger partial charge in [0.25, 0.3) is 0 Å². The van der Waals surface area contributed by atoms with E-state index >= 15 is 0 Å². The Kier molecular flexibility index (Phi) is 4.38. The van der Waals surface area contributed by atoms with Crippen molar-refractivity contribution in [3.63, 3.8) is 0 Å². The third-order valence-corrected chi connectivity index (χ3v) is 1.85. The number of carbonyl (C=O) groups excluding carboxylic acids is 1. The first-order chi connectivity index (χ1) is 5.45. The zero-order valence-corrected chi connectivity index (χ0v) is 8.97. The Balaban J connectivity index is 4.03. The second-order valence-corrected chi connectivity index (χ2v) is 8.13.